The second-order valence-electron chi connectivity index (χ2n) is 3.58. The van der Waals surface area contributed by atoms with Crippen molar-refractivity contribution in [3.63, 3.8) is 0 Å². The SMILES string of the molecule is CN1CCC(O)(CC(=O)[O-])CC1.[Na+]. The van der Waals surface area contributed by atoms with Crippen molar-refractivity contribution in [1.82, 2.24) is 4.90 Å². The van der Waals surface area contributed by atoms with Crippen LogP contribution in [0.4, 0.5) is 0 Å². The average molecular weight is 195 g/mol. The summed E-state index contributed by atoms with van der Waals surface area (Å²) in [6.45, 7) is 1.51. The van der Waals surface area contributed by atoms with E-state index in [1.165, 1.54) is 0 Å². The molecule has 4 nitrogen and oxygen atoms in total. The van der Waals surface area contributed by atoms with Gasteiger partial charge in [0.05, 0.1) is 5.60 Å². The Balaban J connectivity index is 0.00000144. The molecule has 1 rings (SSSR count). The largest absolute Gasteiger partial charge is 1.00 e. The van der Waals surface area contributed by atoms with Crippen LogP contribution < -0.4 is 34.7 Å². The van der Waals surface area contributed by atoms with Gasteiger partial charge in [0.25, 0.3) is 0 Å². The Hall–Kier alpha value is 0.390. The van der Waals surface area contributed by atoms with Crippen LogP contribution in [0.25, 0.3) is 0 Å². The standard InChI is InChI=1S/C8H15NO3.Na/c1-9-4-2-8(12,3-5-9)6-7(10)11;/h12H,2-6H2,1H3,(H,10,11);/q;+1/p-1. The molecule has 0 bridgehead atoms. The number of carboxylic acid groups (broad SMARTS) is 1. The van der Waals surface area contributed by atoms with Crippen LogP contribution in [0.1, 0.15) is 19.3 Å². The number of carbonyl (C=O) groups excluding carboxylic acids is 1. The molecule has 1 fully saturated rings. The van der Waals surface area contributed by atoms with Crippen LogP contribution in [0.2, 0.25) is 0 Å². The molecule has 1 heterocycles. The van der Waals surface area contributed by atoms with Crippen LogP contribution >= 0.6 is 0 Å². The number of carbonyl (C=O) groups is 1. The van der Waals surface area contributed by atoms with Gasteiger partial charge in [-0.3, -0.25) is 0 Å². The van der Waals surface area contributed by atoms with E-state index in [9.17, 15) is 15.0 Å². The molecule has 0 amide bonds. The Labute approximate surface area is 100 Å². The van der Waals surface area contributed by atoms with E-state index in [1.807, 2.05) is 7.05 Å². The first-order valence-electron chi connectivity index (χ1n) is 4.13. The number of likely N-dealkylation sites (tertiary alicyclic amines) is 1. The summed E-state index contributed by atoms with van der Waals surface area (Å²) in [7, 11) is 1.96. The van der Waals surface area contributed by atoms with Gasteiger partial charge in [-0.25, -0.2) is 0 Å². The number of aliphatic hydroxyl groups is 1. The average Bonchev–Trinajstić information content (AvgIpc) is 1.94. The summed E-state index contributed by atoms with van der Waals surface area (Å²) < 4.78 is 0. The second kappa shape index (κ2) is 5.32. The van der Waals surface area contributed by atoms with E-state index >= 15 is 0 Å². The molecule has 1 aliphatic rings. The van der Waals surface area contributed by atoms with Gasteiger partial charge in [-0.05, 0) is 19.9 Å². The van der Waals surface area contributed by atoms with Gasteiger partial charge in [-0.2, -0.15) is 0 Å². The third-order valence-electron chi connectivity index (χ3n) is 2.39. The fourth-order valence-electron chi connectivity index (χ4n) is 1.48. The van der Waals surface area contributed by atoms with Crippen LogP contribution in [0.5, 0.6) is 0 Å². The molecule has 0 atom stereocenters. The van der Waals surface area contributed by atoms with E-state index in [0.29, 0.717) is 12.8 Å². The number of nitrogens with zero attached hydrogens (tertiary/aromatic N) is 1. The topological polar surface area (TPSA) is 63.6 Å². The van der Waals surface area contributed by atoms with Crippen molar-refractivity contribution in [2.45, 2.75) is 24.9 Å². The Kier molecular flexibility index (Phi) is 5.47. The zero-order chi connectivity index (χ0) is 9.19. The molecule has 0 spiro atoms. The summed E-state index contributed by atoms with van der Waals surface area (Å²) in [4.78, 5) is 12.3. The zero-order valence-electron chi connectivity index (χ0n) is 8.25. The first-order valence-corrected chi connectivity index (χ1v) is 4.13. The maximum absolute atomic E-state index is 10.3. The summed E-state index contributed by atoms with van der Waals surface area (Å²) in [5.41, 5.74) is -1.02. The number of rotatable bonds is 2. The van der Waals surface area contributed by atoms with Crippen LogP contribution in [0, 0.1) is 0 Å². The molecule has 70 valence electrons. The molecule has 1 aliphatic heterocycles. The molecule has 0 saturated carbocycles. The van der Waals surface area contributed by atoms with E-state index in [4.69, 9.17) is 0 Å². The van der Waals surface area contributed by atoms with Crippen LogP contribution in [-0.4, -0.2) is 41.7 Å². The van der Waals surface area contributed by atoms with E-state index in [0.717, 1.165) is 13.1 Å². The Bertz CT molecular complexity index is 178. The van der Waals surface area contributed by atoms with Crippen molar-refractivity contribution in [3.8, 4) is 0 Å². The van der Waals surface area contributed by atoms with E-state index < -0.39 is 11.6 Å². The van der Waals surface area contributed by atoms with Crippen molar-refractivity contribution in [2.24, 2.45) is 0 Å². The Morgan fingerprint density at radius 2 is 2.00 bits per heavy atom. The molecular weight excluding hydrogens is 181 g/mol. The second-order valence-corrected chi connectivity index (χ2v) is 3.58. The first kappa shape index (κ1) is 13.4. The number of piperidine rings is 1. The van der Waals surface area contributed by atoms with Crippen molar-refractivity contribution in [1.29, 1.82) is 0 Å². The molecule has 0 aromatic rings. The molecular formula is C8H14NNaO3. The summed E-state index contributed by atoms with van der Waals surface area (Å²) in [6.07, 6.45) is 0.815. The zero-order valence-corrected chi connectivity index (χ0v) is 10.2. The maximum Gasteiger partial charge on any atom is 1.00 e. The molecule has 1 saturated heterocycles. The van der Waals surface area contributed by atoms with Crippen molar-refractivity contribution in [3.05, 3.63) is 0 Å². The van der Waals surface area contributed by atoms with Gasteiger partial charge in [-0.15, -0.1) is 0 Å². The van der Waals surface area contributed by atoms with Gasteiger partial charge in [0.15, 0.2) is 0 Å². The van der Waals surface area contributed by atoms with Crippen LogP contribution in [-0.2, 0) is 4.79 Å². The quantitative estimate of drug-likeness (QED) is 0.452. The smallest absolute Gasteiger partial charge is 0.550 e. The predicted octanol–water partition coefficient (Wildman–Crippen LogP) is -4.41. The molecule has 5 heteroatoms. The van der Waals surface area contributed by atoms with Gasteiger partial charge in [0.1, 0.15) is 0 Å². The fraction of sp³-hybridized carbons (Fsp3) is 0.875. The maximum atomic E-state index is 10.3. The van der Waals surface area contributed by atoms with Crippen molar-refractivity contribution in [2.75, 3.05) is 20.1 Å². The third kappa shape index (κ3) is 4.42. The first-order chi connectivity index (χ1) is 5.52. The van der Waals surface area contributed by atoms with Gasteiger partial charge in [0, 0.05) is 25.5 Å². The number of carboxylic acids is 1. The van der Waals surface area contributed by atoms with E-state index in [-0.39, 0.29) is 36.0 Å². The normalized spacial score (nSPS) is 22.0. The van der Waals surface area contributed by atoms with Crippen LogP contribution in [0.15, 0.2) is 0 Å². The predicted molar refractivity (Wildman–Crippen MR) is 41.3 cm³/mol. The van der Waals surface area contributed by atoms with Gasteiger partial charge in [0.2, 0.25) is 0 Å². The van der Waals surface area contributed by atoms with Crippen molar-refractivity contribution >= 4 is 5.97 Å². The molecule has 1 N–H and O–H groups in total. The Morgan fingerprint density at radius 1 is 1.54 bits per heavy atom. The minimum Gasteiger partial charge on any atom is -0.550 e. The van der Waals surface area contributed by atoms with Crippen molar-refractivity contribution < 1.29 is 44.6 Å². The molecule has 0 aromatic heterocycles. The molecule has 0 aliphatic carbocycles. The van der Waals surface area contributed by atoms with Gasteiger partial charge in [-0.1, -0.05) is 0 Å². The molecule has 13 heavy (non-hydrogen) atoms. The van der Waals surface area contributed by atoms with Crippen LogP contribution in [0.3, 0.4) is 0 Å². The van der Waals surface area contributed by atoms with Gasteiger partial charge < -0.3 is 19.9 Å². The van der Waals surface area contributed by atoms with Gasteiger partial charge >= 0.3 is 29.6 Å². The summed E-state index contributed by atoms with van der Waals surface area (Å²) in [6, 6.07) is 0. The monoisotopic (exact) mass is 195 g/mol. The summed E-state index contributed by atoms with van der Waals surface area (Å²) >= 11 is 0. The molecule has 0 radical (unpaired) electrons. The third-order valence-corrected chi connectivity index (χ3v) is 2.39. The molecule has 0 unspecified atom stereocenters. The summed E-state index contributed by atoms with van der Waals surface area (Å²) in [5.74, 6) is -1.16. The summed E-state index contributed by atoms with van der Waals surface area (Å²) in [5, 5.41) is 20.0. The van der Waals surface area contributed by atoms with E-state index in [1.54, 1.807) is 0 Å². The number of hydrogen-bond donors (Lipinski definition) is 1. The number of aliphatic carboxylic acids is 1. The minimum atomic E-state index is -1.16. The van der Waals surface area contributed by atoms with E-state index in [2.05, 4.69) is 4.90 Å². The molecule has 0 aromatic carbocycles. The fourth-order valence-corrected chi connectivity index (χ4v) is 1.48. The Morgan fingerprint density at radius 3 is 2.38 bits per heavy atom. The number of hydrogen-bond acceptors (Lipinski definition) is 4. The minimum absolute atomic E-state index is 0.